The van der Waals surface area contributed by atoms with Crippen LogP contribution in [0.3, 0.4) is 0 Å². The van der Waals surface area contributed by atoms with Gasteiger partial charge in [0, 0.05) is 18.8 Å². The van der Waals surface area contributed by atoms with E-state index in [0.29, 0.717) is 5.69 Å². The maximum Gasteiger partial charge on any atom is 0.271 e. The quantitative estimate of drug-likeness (QED) is 0.842. The molecule has 1 heterocycles. The Labute approximate surface area is 140 Å². The molecule has 2 aromatic rings. The summed E-state index contributed by atoms with van der Waals surface area (Å²) in [7, 11) is -5.72. The smallest absolute Gasteiger partial charge is 0.271 e. The summed E-state index contributed by atoms with van der Waals surface area (Å²) in [6.45, 7) is 3.56. The lowest BCUT2D eigenvalue weighted by molar-refractivity contribution is 0.410. The van der Waals surface area contributed by atoms with Crippen LogP contribution in [-0.4, -0.2) is 34.2 Å². The number of anilines is 1. The van der Waals surface area contributed by atoms with E-state index in [-0.39, 0.29) is 15.1 Å². The van der Waals surface area contributed by atoms with Crippen molar-refractivity contribution in [2.45, 2.75) is 29.0 Å². The van der Waals surface area contributed by atoms with Crippen LogP contribution >= 0.6 is 11.3 Å². The lowest BCUT2D eigenvalue weighted by Gasteiger charge is -2.21. The number of hydrogen-bond acceptors (Lipinski definition) is 5. The molecule has 6 nitrogen and oxygen atoms in total. The Balaban J connectivity index is 2.24. The molecule has 0 aliphatic heterocycles. The summed E-state index contributed by atoms with van der Waals surface area (Å²) in [5.41, 5.74) is 0.310. The van der Waals surface area contributed by atoms with Crippen molar-refractivity contribution in [1.29, 1.82) is 0 Å². The van der Waals surface area contributed by atoms with Crippen molar-refractivity contribution in [2.24, 2.45) is 0 Å². The van der Waals surface area contributed by atoms with Crippen molar-refractivity contribution in [3.05, 3.63) is 41.8 Å². The van der Waals surface area contributed by atoms with Crippen LogP contribution in [-0.2, 0) is 20.0 Å². The van der Waals surface area contributed by atoms with E-state index in [4.69, 9.17) is 0 Å². The molecule has 2 rings (SSSR count). The van der Waals surface area contributed by atoms with Gasteiger partial charge in [0.1, 0.15) is 4.21 Å². The van der Waals surface area contributed by atoms with E-state index >= 15 is 0 Å². The molecular weight excluding hydrogens is 356 g/mol. The van der Waals surface area contributed by atoms with Crippen molar-refractivity contribution >= 4 is 37.1 Å². The summed E-state index contributed by atoms with van der Waals surface area (Å²) in [4.78, 5) is 0.118. The molecule has 1 aromatic carbocycles. The van der Waals surface area contributed by atoms with Crippen LogP contribution < -0.4 is 4.72 Å². The lowest BCUT2D eigenvalue weighted by atomic mass is 10.3. The van der Waals surface area contributed by atoms with Crippen molar-refractivity contribution < 1.29 is 16.8 Å². The molecule has 0 saturated heterocycles. The van der Waals surface area contributed by atoms with Gasteiger partial charge in [-0.25, -0.2) is 16.8 Å². The molecule has 1 aromatic heterocycles. The Morgan fingerprint density at radius 1 is 1.04 bits per heavy atom. The van der Waals surface area contributed by atoms with Gasteiger partial charge in [-0.1, -0.05) is 6.07 Å². The number of thiophene rings is 1. The lowest BCUT2D eigenvalue weighted by Crippen LogP contribution is -2.33. The molecule has 0 aliphatic carbocycles. The fourth-order valence-electron chi connectivity index (χ4n) is 1.76. The first-order valence-corrected chi connectivity index (χ1v) is 10.6. The molecule has 9 heteroatoms. The van der Waals surface area contributed by atoms with E-state index in [2.05, 4.69) is 4.72 Å². The predicted octanol–water partition coefficient (Wildman–Crippen LogP) is 2.58. The van der Waals surface area contributed by atoms with E-state index < -0.39 is 20.0 Å². The molecule has 0 unspecified atom stereocenters. The number of hydrogen-bond donors (Lipinski definition) is 1. The summed E-state index contributed by atoms with van der Waals surface area (Å²) in [6, 6.07) is 8.64. The number of nitrogens with zero attached hydrogens (tertiary/aromatic N) is 1. The zero-order chi connectivity index (χ0) is 17.3. The molecule has 0 bridgehead atoms. The van der Waals surface area contributed by atoms with Crippen LogP contribution in [0.4, 0.5) is 5.69 Å². The first-order valence-electron chi connectivity index (χ1n) is 6.79. The maximum absolute atomic E-state index is 12.3. The number of sulfonamides is 2. The highest BCUT2D eigenvalue weighted by molar-refractivity contribution is 7.94. The van der Waals surface area contributed by atoms with Gasteiger partial charge in [0.15, 0.2) is 0 Å². The minimum atomic E-state index is -3.64. The summed E-state index contributed by atoms with van der Waals surface area (Å²) in [5, 5.41) is 1.67. The van der Waals surface area contributed by atoms with Gasteiger partial charge in [-0.3, -0.25) is 4.72 Å². The monoisotopic (exact) mass is 374 g/mol. The average Bonchev–Trinajstić information content (AvgIpc) is 3.01. The normalized spacial score (nSPS) is 12.7. The predicted molar refractivity (Wildman–Crippen MR) is 91.7 cm³/mol. The molecule has 0 fully saturated rings. The molecule has 0 amide bonds. The van der Waals surface area contributed by atoms with Gasteiger partial charge >= 0.3 is 0 Å². The highest BCUT2D eigenvalue weighted by Gasteiger charge is 2.23. The number of benzene rings is 1. The standard InChI is InChI=1S/C14H18N2O4S3/c1-11(2)16(3)23(19,20)13-8-6-12(7-9-13)15-22(17,18)14-5-4-10-21-14/h4-11,15H,1-3H3. The van der Waals surface area contributed by atoms with Gasteiger partial charge in [-0.15, -0.1) is 11.3 Å². The SMILES string of the molecule is CC(C)N(C)S(=O)(=O)c1ccc(NS(=O)(=O)c2cccs2)cc1. The van der Waals surface area contributed by atoms with Crippen LogP contribution in [0.1, 0.15) is 13.8 Å². The first-order chi connectivity index (χ1) is 10.6. The Hall–Kier alpha value is -1.42. The second-order valence-corrected chi connectivity index (χ2v) is 10.0. The van der Waals surface area contributed by atoms with E-state index in [9.17, 15) is 16.8 Å². The van der Waals surface area contributed by atoms with Crippen molar-refractivity contribution in [3.8, 4) is 0 Å². The highest BCUT2D eigenvalue weighted by atomic mass is 32.2. The Kier molecular flexibility index (Phi) is 5.14. The molecular formula is C14H18N2O4S3. The van der Waals surface area contributed by atoms with Gasteiger partial charge in [0.25, 0.3) is 10.0 Å². The fraction of sp³-hybridized carbons (Fsp3) is 0.286. The third-order valence-corrected chi connectivity index (χ3v) is 8.10. The van der Waals surface area contributed by atoms with Gasteiger partial charge < -0.3 is 0 Å². The molecule has 0 radical (unpaired) electrons. The van der Waals surface area contributed by atoms with E-state index in [1.165, 1.54) is 41.7 Å². The van der Waals surface area contributed by atoms with E-state index in [0.717, 1.165) is 11.3 Å². The highest BCUT2D eigenvalue weighted by Crippen LogP contribution is 2.22. The maximum atomic E-state index is 12.3. The van der Waals surface area contributed by atoms with Crippen LogP contribution in [0.15, 0.2) is 50.9 Å². The summed E-state index contributed by atoms with van der Waals surface area (Å²) < 4.78 is 52.8. The van der Waals surface area contributed by atoms with Gasteiger partial charge in [-0.2, -0.15) is 4.31 Å². The average molecular weight is 375 g/mol. The Bertz CT molecular complexity index is 855. The zero-order valence-electron chi connectivity index (χ0n) is 12.9. The molecule has 23 heavy (non-hydrogen) atoms. The summed E-state index contributed by atoms with van der Waals surface area (Å²) >= 11 is 1.11. The van der Waals surface area contributed by atoms with Crippen LogP contribution in [0, 0.1) is 0 Å². The Morgan fingerprint density at radius 2 is 1.65 bits per heavy atom. The van der Waals surface area contributed by atoms with Gasteiger partial charge in [0.2, 0.25) is 10.0 Å². The second kappa shape index (κ2) is 6.60. The molecule has 0 atom stereocenters. The first kappa shape index (κ1) is 17.9. The second-order valence-electron chi connectivity index (χ2n) is 5.18. The van der Waals surface area contributed by atoms with Crippen molar-refractivity contribution in [1.82, 2.24) is 4.31 Å². The van der Waals surface area contributed by atoms with Gasteiger partial charge in [0.05, 0.1) is 4.90 Å². The largest absolute Gasteiger partial charge is 0.279 e. The topological polar surface area (TPSA) is 83.6 Å². The molecule has 126 valence electrons. The van der Waals surface area contributed by atoms with Crippen LogP contribution in [0.2, 0.25) is 0 Å². The van der Waals surface area contributed by atoms with Crippen LogP contribution in [0.25, 0.3) is 0 Å². The third-order valence-electron chi connectivity index (χ3n) is 3.27. The fourth-order valence-corrected chi connectivity index (χ4v) is 5.18. The van der Waals surface area contributed by atoms with E-state index in [1.54, 1.807) is 25.3 Å². The van der Waals surface area contributed by atoms with Crippen molar-refractivity contribution in [2.75, 3.05) is 11.8 Å². The minimum Gasteiger partial charge on any atom is -0.279 e. The van der Waals surface area contributed by atoms with E-state index in [1.807, 2.05) is 0 Å². The Morgan fingerprint density at radius 3 is 2.13 bits per heavy atom. The van der Waals surface area contributed by atoms with Crippen LogP contribution in [0.5, 0.6) is 0 Å². The minimum absolute atomic E-state index is 0.118. The molecule has 0 spiro atoms. The zero-order valence-corrected chi connectivity index (χ0v) is 15.4. The van der Waals surface area contributed by atoms with Gasteiger partial charge in [-0.05, 0) is 49.6 Å². The van der Waals surface area contributed by atoms with Crippen molar-refractivity contribution in [3.63, 3.8) is 0 Å². The summed E-state index contributed by atoms with van der Waals surface area (Å²) in [5.74, 6) is 0. The molecule has 0 aliphatic rings. The third kappa shape index (κ3) is 3.92. The number of nitrogens with one attached hydrogen (secondary N) is 1. The molecule has 1 N–H and O–H groups in total. The molecule has 0 saturated carbocycles. The number of rotatable bonds is 6. The summed E-state index contributed by atoms with van der Waals surface area (Å²) in [6.07, 6.45) is 0.